The van der Waals surface area contributed by atoms with Gasteiger partial charge in [0.2, 0.25) is 0 Å². The molecule has 12 nitrogen and oxygen atoms in total. The van der Waals surface area contributed by atoms with Crippen LogP contribution in [0.1, 0.15) is 44.7 Å². The zero-order valence-electron chi connectivity index (χ0n) is 31.3. The van der Waals surface area contributed by atoms with E-state index in [0.29, 0.717) is 37.0 Å². The van der Waals surface area contributed by atoms with E-state index in [-0.39, 0.29) is 23.6 Å². The first-order valence-corrected chi connectivity index (χ1v) is 18.8. The van der Waals surface area contributed by atoms with Crippen molar-refractivity contribution >= 4 is 61.5 Å². The number of hydrogen-bond acceptors (Lipinski definition) is 11. The van der Waals surface area contributed by atoms with Crippen molar-refractivity contribution in [2.45, 2.75) is 76.2 Å². The van der Waals surface area contributed by atoms with Gasteiger partial charge in [0.15, 0.2) is 0 Å². The van der Waals surface area contributed by atoms with E-state index in [0.717, 1.165) is 70.0 Å². The van der Waals surface area contributed by atoms with E-state index in [2.05, 4.69) is 58.9 Å². The highest BCUT2D eigenvalue weighted by atomic mass is 79.9. The highest BCUT2D eigenvalue weighted by molar-refractivity contribution is 9.10. The molecule has 0 aliphatic carbocycles. The Kier molecular flexibility index (Phi) is 11.9. The lowest BCUT2D eigenvalue weighted by atomic mass is 10.1. The number of rotatable bonds is 5. The van der Waals surface area contributed by atoms with E-state index in [4.69, 9.17) is 9.47 Å². The lowest BCUT2D eigenvalue weighted by molar-refractivity contribution is -0.140. The molecule has 53 heavy (non-hydrogen) atoms. The zero-order chi connectivity index (χ0) is 37.9. The largest absolute Gasteiger partial charge is 0.469 e. The van der Waals surface area contributed by atoms with Crippen molar-refractivity contribution < 1.29 is 28.6 Å². The predicted octanol–water partition coefficient (Wildman–Crippen LogP) is 5.52. The number of ether oxygens (including phenoxy) is 3. The lowest BCUT2D eigenvalue weighted by Crippen LogP contribution is -2.48. The molecule has 8 rings (SSSR count). The Balaban J connectivity index is 0.000000142. The molecule has 1 amide bonds. The molecule has 0 unspecified atom stereocenters. The van der Waals surface area contributed by atoms with Gasteiger partial charge in [0.05, 0.1) is 50.0 Å². The molecule has 6 heterocycles. The molecule has 13 heteroatoms. The number of aromatic nitrogens is 2. The second kappa shape index (κ2) is 16.4. The second-order valence-corrected chi connectivity index (χ2v) is 16.1. The van der Waals surface area contributed by atoms with Crippen LogP contribution in [0.15, 0.2) is 65.4 Å². The standard InChI is InChI=1S/C18H21N3O2.C12H10BrNO2.C10H18N2O2/c1-20-10-16-8-15(20)11-21(16)14-7-13-5-12(6-18(22)23-2)3-4-17(13)19-9-14;1-16-12(15)5-8-2-3-11-9(4-8)6-10(13)7-14-11;1-10(2,3)14-9(13)12-6-7-4-8(12)5-11-7/h3-5,7,9,15-16H,6,8,10-11H2,1-2H3;2-4,6-7H,5H2,1H3;7-8,11H,4-6H2,1-3H3/t15-,16-;;7-,8-/m0.0/s1. The van der Waals surface area contributed by atoms with Crippen molar-refractivity contribution in [2.24, 2.45) is 0 Å². The summed E-state index contributed by atoms with van der Waals surface area (Å²) in [7, 11) is 5.02. The first kappa shape index (κ1) is 38.4. The Morgan fingerprint density at radius 3 is 1.94 bits per heavy atom. The minimum Gasteiger partial charge on any atom is -0.469 e. The molecule has 0 saturated carbocycles. The van der Waals surface area contributed by atoms with Crippen LogP contribution < -0.4 is 10.2 Å². The third-order valence-electron chi connectivity index (χ3n) is 10.1. The lowest BCUT2D eigenvalue weighted by Gasteiger charge is -2.33. The molecule has 4 bridgehead atoms. The molecule has 2 aromatic carbocycles. The Morgan fingerprint density at radius 2 is 1.43 bits per heavy atom. The van der Waals surface area contributed by atoms with Gasteiger partial charge >= 0.3 is 18.0 Å². The maximum atomic E-state index is 11.7. The van der Waals surface area contributed by atoms with Gasteiger partial charge in [-0.05, 0) is 104 Å². The Labute approximate surface area is 319 Å². The van der Waals surface area contributed by atoms with Gasteiger partial charge in [0, 0.05) is 71.8 Å². The fourth-order valence-electron chi connectivity index (χ4n) is 7.47. The number of hydrogen-bond donors (Lipinski definition) is 1. The second-order valence-electron chi connectivity index (χ2n) is 15.2. The van der Waals surface area contributed by atoms with E-state index in [1.807, 2.05) is 74.3 Å². The molecule has 4 saturated heterocycles. The van der Waals surface area contributed by atoms with E-state index in [9.17, 15) is 14.4 Å². The summed E-state index contributed by atoms with van der Waals surface area (Å²) < 4.78 is 15.6. The number of methoxy groups -OCH3 is 2. The molecule has 282 valence electrons. The van der Waals surface area contributed by atoms with Gasteiger partial charge < -0.3 is 29.3 Å². The summed E-state index contributed by atoms with van der Waals surface area (Å²) in [5.74, 6) is -0.448. The van der Waals surface area contributed by atoms with E-state index >= 15 is 0 Å². The number of pyridine rings is 2. The van der Waals surface area contributed by atoms with Gasteiger partial charge in [-0.2, -0.15) is 0 Å². The van der Waals surface area contributed by atoms with Crippen LogP contribution in [-0.4, -0.2) is 115 Å². The van der Waals surface area contributed by atoms with Crippen molar-refractivity contribution in [3.05, 3.63) is 76.5 Å². The molecule has 4 aromatic rings. The average molecular weight is 790 g/mol. The number of nitrogens with one attached hydrogen (secondary N) is 1. The van der Waals surface area contributed by atoms with Gasteiger partial charge in [0.25, 0.3) is 0 Å². The number of piperazine rings is 2. The number of fused-ring (bicyclic) bond motifs is 6. The maximum absolute atomic E-state index is 11.7. The van der Waals surface area contributed by atoms with Crippen LogP contribution in [0.25, 0.3) is 21.8 Å². The van der Waals surface area contributed by atoms with Crippen LogP contribution in [-0.2, 0) is 36.6 Å². The summed E-state index contributed by atoms with van der Waals surface area (Å²) in [6, 6.07) is 18.0. The molecule has 1 N–H and O–H groups in total. The molecule has 4 aliphatic rings. The number of benzene rings is 2. The predicted molar refractivity (Wildman–Crippen MR) is 208 cm³/mol. The number of anilines is 1. The summed E-state index contributed by atoms with van der Waals surface area (Å²) in [5, 5.41) is 5.45. The summed E-state index contributed by atoms with van der Waals surface area (Å²) in [6.07, 6.45) is 6.49. The van der Waals surface area contributed by atoms with Gasteiger partial charge in [-0.25, -0.2) is 4.79 Å². The molecule has 0 radical (unpaired) electrons. The van der Waals surface area contributed by atoms with E-state index in [1.165, 1.54) is 26.3 Å². The Bertz CT molecular complexity index is 1970. The number of likely N-dealkylation sites (tertiary alicyclic amines) is 2. The number of halogens is 1. The van der Waals surface area contributed by atoms with Crippen molar-refractivity contribution in [3.8, 4) is 0 Å². The Morgan fingerprint density at radius 1 is 0.811 bits per heavy atom. The summed E-state index contributed by atoms with van der Waals surface area (Å²) >= 11 is 3.37. The first-order chi connectivity index (χ1) is 25.3. The first-order valence-electron chi connectivity index (χ1n) is 18.0. The van der Waals surface area contributed by atoms with Crippen LogP contribution in [0.3, 0.4) is 0 Å². The highest BCUT2D eigenvalue weighted by Gasteiger charge is 2.42. The van der Waals surface area contributed by atoms with Crippen LogP contribution in [0.5, 0.6) is 0 Å². The quantitative estimate of drug-likeness (QED) is 0.203. The smallest absolute Gasteiger partial charge is 0.410 e. The molecular weight excluding hydrogens is 740 g/mol. The molecule has 4 atom stereocenters. The van der Waals surface area contributed by atoms with Crippen molar-refractivity contribution in [1.29, 1.82) is 0 Å². The van der Waals surface area contributed by atoms with Crippen molar-refractivity contribution in [2.75, 3.05) is 52.3 Å². The van der Waals surface area contributed by atoms with Crippen LogP contribution in [0, 0.1) is 0 Å². The number of esters is 2. The fraction of sp³-hybridized carbons (Fsp3) is 0.475. The normalized spacial score (nSPS) is 21.6. The van der Waals surface area contributed by atoms with Gasteiger partial charge in [-0.1, -0.05) is 12.1 Å². The summed E-state index contributed by atoms with van der Waals surface area (Å²) in [5.41, 5.74) is 4.57. The third kappa shape index (κ3) is 9.62. The van der Waals surface area contributed by atoms with Gasteiger partial charge in [0.1, 0.15) is 5.60 Å². The van der Waals surface area contributed by atoms with Crippen molar-refractivity contribution in [1.82, 2.24) is 25.1 Å². The van der Waals surface area contributed by atoms with Crippen LogP contribution in [0.2, 0.25) is 0 Å². The van der Waals surface area contributed by atoms with E-state index in [1.54, 1.807) is 6.20 Å². The maximum Gasteiger partial charge on any atom is 0.410 e. The zero-order valence-corrected chi connectivity index (χ0v) is 32.9. The van der Waals surface area contributed by atoms with Crippen LogP contribution in [0.4, 0.5) is 10.5 Å². The summed E-state index contributed by atoms with van der Waals surface area (Å²) in [4.78, 5) is 50.0. The fourth-order valence-corrected chi connectivity index (χ4v) is 7.81. The number of carbonyl (C=O) groups is 3. The minimum absolute atomic E-state index is 0.161. The SMILES string of the molecule is CC(C)(C)OC(=O)N1C[C@@H]2C[C@H]1CN2.COC(=O)Cc1ccc2ncc(Br)cc2c1.COC(=O)Cc1ccc2ncc(N3C[C@@H]4C[C@H]3CN4C)cc2c1. The summed E-state index contributed by atoms with van der Waals surface area (Å²) in [6.45, 7) is 9.64. The average Bonchev–Trinajstić information content (AvgIpc) is 3.94. The third-order valence-corrected chi connectivity index (χ3v) is 10.6. The van der Waals surface area contributed by atoms with E-state index < -0.39 is 0 Å². The minimum atomic E-state index is -0.383. The number of likely N-dealkylation sites (N-methyl/N-ethyl adjacent to an activating group) is 1. The highest BCUT2D eigenvalue weighted by Crippen LogP contribution is 2.34. The number of nitrogens with zero attached hydrogens (tertiary/aromatic N) is 5. The Hall–Kier alpha value is -4.33. The molecule has 2 aromatic heterocycles. The van der Waals surface area contributed by atoms with Gasteiger partial charge in [-0.15, -0.1) is 0 Å². The van der Waals surface area contributed by atoms with Crippen molar-refractivity contribution in [3.63, 3.8) is 0 Å². The molecule has 0 spiro atoms. The molecular formula is C40H49BrN6O6. The van der Waals surface area contributed by atoms with Gasteiger partial charge in [-0.3, -0.25) is 24.5 Å². The monoisotopic (exact) mass is 788 g/mol. The molecule has 4 aliphatic heterocycles. The molecule has 4 fully saturated rings. The number of carbonyl (C=O) groups excluding carboxylic acids is 3. The topological polar surface area (TPSA) is 126 Å². The van der Waals surface area contributed by atoms with Crippen LogP contribution >= 0.6 is 15.9 Å². The number of amides is 1.